The van der Waals surface area contributed by atoms with Gasteiger partial charge in [-0.3, -0.25) is 0 Å². The fourth-order valence-corrected chi connectivity index (χ4v) is 2.60. The van der Waals surface area contributed by atoms with Gasteiger partial charge < -0.3 is 5.73 Å². The maximum atomic E-state index is 14.0. The molecule has 3 rings (SSSR count). The van der Waals surface area contributed by atoms with E-state index < -0.39 is 0 Å². The van der Waals surface area contributed by atoms with Crippen molar-refractivity contribution in [3.8, 4) is 11.3 Å². The number of hydrogen-bond donors (Lipinski definition) is 1. The van der Waals surface area contributed by atoms with Crippen molar-refractivity contribution < 1.29 is 4.39 Å². The molecule has 20 heavy (non-hydrogen) atoms. The molecule has 0 atom stereocenters. The minimum Gasteiger partial charge on any atom is -0.383 e. The van der Waals surface area contributed by atoms with E-state index in [1.165, 1.54) is 6.07 Å². The molecule has 0 spiro atoms. The highest BCUT2D eigenvalue weighted by Gasteiger charge is 2.12. The summed E-state index contributed by atoms with van der Waals surface area (Å²) >= 11 is 3.40. The molecule has 0 aliphatic rings. The fraction of sp³-hybridized carbons (Fsp3) is 0.0667. The molecule has 3 nitrogen and oxygen atoms in total. The molecule has 100 valence electrons. The maximum Gasteiger partial charge on any atom is 0.132 e. The number of hydrogen-bond acceptors (Lipinski definition) is 3. The number of aromatic nitrogens is 2. The van der Waals surface area contributed by atoms with Crippen LogP contribution in [0.3, 0.4) is 0 Å². The number of halogens is 2. The minimum atomic E-state index is -0.282. The second-order valence-corrected chi connectivity index (χ2v) is 5.37. The van der Waals surface area contributed by atoms with Crippen LogP contribution in [-0.2, 0) is 0 Å². The van der Waals surface area contributed by atoms with Gasteiger partial charge in [-0.25, -0.2) is 14.4 Å². The third-order valence-corrected chi connectivity index (χ3v) is 3.77. The number of nitrogen functional groups attached to an aromatic ring is 1. The summed E-state index contributed by atoms with van der Waals surface area (Å²) in [5.74, 6) is 0.127. The molecule has 0 saturated heterocycles. The number of pyridine rings is 2. The van der Waals surface area contributed by atoms with Crippen LogP contribution < -0.4 is 5.73 Å². The summed E-state index contributed by atoms with van der Waals surface area (Å²) in [5.41, 5.74) is 8.44. The molecule has 0 saturated carbocycles. The van der Waals surface area contributed by atoms with Gasteiger partial charge in [0.15, 0.2) is 0 Å². The van der Waals surface area contributed by atoms with Gasteiger partial charge in [-0.05, 0) is 46.6 Å². The van der Waals surface area contributed by atoms with Crippen LogP contribution in [0.15, 0.2) is 41.0 Å². The van der Waals surface area contributed by atoms with E-state index in [0.717, 1.165) is 15.4 Å². The predicted octanol–water partition coefficient (Wildman–Crippen LogP) is 4.09. The molecule has 0 aliphatic heterocycles. The Morgan fingerprint density at radius 3 is 2.75 bits per heavy atom. The molecule has 5 heteroatoms. The number of nitrogens with two attached hydrogens (primary N) is 1. The molecule has 0 aliphatic carbocycles. The van der Waals surface area contributed by atoms with Crippen LogP contribution in [0, 0.1) is 12.7 Å². The molecule has 0 unspecified atom stereocenters. The monoisotopic (exact) mass is 331 g/mol. The van der Waals surface area contributed by atoms with Gasteiger partial charge >= 0.3 is 0 Å². The Morgan fingerprint density at radius 1 is 1.20 bits per heavy atom. The summed E-state index contributed by atoms with van der Waals surface area (Å²) < 4.78 is 14.8. The number of rotatable bonds is 1. The van der Waals surface area contributed by atoms with Crippen molar-refractivity contribution in [1.29, 1.82) is 0 Å². The van der Waals surface area contributed by atoms with Crippen LogP contribution in [0.2, 0.25) is 0 Å². The summed E-state index contributed by atoms with van der Waals surface area (Å²) in [7, 11) is 0. The molecule has 0 amide bonds. The first-order valence-corrected chi connectivity index (χ1v) is 6.83. The molecule has 2 aromatic heterocycles. The molecule has 0 bridgehead atoms. The topological polar surface area (TPSA) is 51.8 Å². The lowest BCUT2D eigenvalue weighted by Crippen LogP contribution is -1.96. The highest BCUT2D eigenvalue weighted by atomic mass is 79.9. The molecule has 0 radical (unpaired) electrons. The van der Waals surface area contributed by atoms with Crippen molar-refractivity contribution in [2.24, 2.45) is 0 Å². The summed E-state index contributed by atoms with van der Waals surface area (Å²) in [5, 5.41) is 0.747. The van der Waals surface area contributed by atoms with Crippen molar-refractivity contribution in [2.75, 3.05) is 5.73 Å². The smallest absolute Gasteiger partial charge is 0.132 e. The lowest BCUT2D eigenvalue weighted by Gasteiger charge is -2.09. The normalized spacial score (nSPS) is 10.9. The van der Waals surface area contributed by atoms with E-state index in [1.807, 2.05) is 19.1 Å². The Balaban J connectivity index is 2.31. The maximum absolute atomic E-state index is 14.0. The average Bonchev–Trinajstić information content (AvgIpc) is 2.43. The van der Waals surface area contributed by atoms with Gasteiger partial charge in [0.1, 0.15) is 11.6 Å². The number of aryl methyl sites for hydroxylation is 1. The Morgan fingerprint density at radius 2 is 2.00 bits per heavy atom. The second-order valence-electron chi connectivity index (χ2n) is 4.52. The zero-order chi connectivity index (χ0) is 14.3. The fourth-order valence-electron chi connectivity index (χ4n) is 2.20. The van der Waals surface area contributed by atoms with Crippen LogP contribution in [0.25, 0.3) is 22.2 Å². The number of nitrogens with zero attached hydrogens (tertiary/aromatic N) is 2. The Kier molecular flexibility index (Phi) is 3.14. The van der Waals surface area contributed by atoms with Gasteiger partial charge in [0.2, 0.25) is 0 Å². The van der Waals surface area contributed by atoms with Crippen LogP contribution >= 0.6 is 15.9 Å². The van der Waals surface area contributed by atoms with Gasteiger partial charge in [-0.1, -0.05) is 12.1 Å². The van der Waals surface area contributed by atoms with Gasteiger partial charge in [0.25, 0.3) is 0 Å². The lowest BCUT2D eigenvalue weighted by molar-refractivity contribution is 0.630. The second kappa shape index (κ2) is 4.83. The van der Waals surface area contributed by atoms with E-state index in [0.29, 0.717) is 22.6 Å². The van der Waals surface area contributed by atoms with E-state index in [4.69, 9.17) is 5.73 Å². The zero-order valence-corrected chi connectivity index (χ0v) is 12.3. The summed E-state index contributed by atoms with van der Waals surface area (Å²) in [6.45, 7) is 1.86. The van der Waals surface area contributed by atoms with Gasteiger partial charge in [0, 0.05) is 17.1 Å². The van der Waals surface area contributed by atoms with E-state index in [2.05, 4.69) is 25.9 Å². The third kappa shape index (κ3) is 2.04. The number of benzene rings is 1. The van der Waals surface area contributed by atoms with E-state index in [1.54, 1.807) is 18.3 Å². The SMILES string of the molecule is Cc1cccc(F)c1-c1ccc2c(N)ncc(Br)c2n1. The van der Waals surface area contributed by atoms with Crippen LogP contribution in [0.5, 0.6) is 0 Å². The molecule has 1 aromatic carbocycles. The van der Waals surface area contributed by atoms with Crippen LogP contribution in [0.1, 0.15) is 5.56 Å². The Bertz CT molecular complexity index is 797. The van der Waals surface area contributed by atoms with Crippen LogP contribution in [0.4, 0.5) is 10.2 Å². The Hall–Kier alpha value is -2.01. The Labute approximate surface area is 123 Å². The summed E-state index contributed by atoms with van der Waals surface area (Å²) in [6, 6.07) is 8.56. The highest BCUT2D eigenvalue weighted by molar-refractivity contribution is 9.10. The lowest BCUT2D eigenvalue weighted by atomic mass is 10.0. The van der Waals surface area contributed by atoms with E-state index in [-0.39, 0.29) is 5.82 Å². The zero-order valence-electron chi connectivity index (χ0n) is 10.7. The molecule has 3 aromatic rings. The summed E-state index contributed by atoms with van der Waals surface area (Å²) in [6.07, 6.45) is 1.60. The van der Waals surface area contributed by atoms with Crippen molar-refractivity contribution in [2.45, 2.75) is 6.92 Å². The molecule has 2 N–H and O–H groups in total. The first-order chi connectivity index (χ1) is 9.58. The predicted molar refractivity (Wildman–Crippen MR) is 81.8 cm³/mol. The molecule has 2 heterocycles. The minimum absolute atomic E-state index is 0.282. The summed E-state index contributed by atoms with van der Waals surface area (Å²) in [4.78, 5) is 8.58. The molecular weight excluding hydrogens is 321 g/mol. The average molecular weight is 332 g/mol. The van der Waals surface area contributed by atoms with Gasteiger partial charge in [-0.2, -0.15) is 0 Å². The van der Waals surface area contributed by atoms with Crippen LogP contribution in [-0.4, -0.2) is 9.97 Å². The largest absolute Gasteiger partial charge is 0.383 e. The van der Waals surface area contributed by atoms with Gasteiger partial charge in [-0.15, -0.1) is 0 Å². The molecule has 0 fully saturated rings. The third-order valence-electron chi connectivity index (χ3n) is 3.19. The first-order valence-electron chi connectivity index (χ1n) is 6.04. The number of fused-ring (bicyclic) bond motifs is 1. The quantitative estimate of drug-likeness (QED) is 0.730. The van der Waals surface area contributed by atoms with Crippen molar-refractivity contribution in [3.63, 3.8) is 0 Å². The number of anilines is 1. The first kappa shape index (κ1) is 13.0. The standard InChI is InChI=1S/C15H11BrFN3/c1-8-3-2-4-11(17)13(8)12-6-5-9-14(20-12)10(16)7-19-15(9)18/h2-7H,1H3,(H2,18,19). The van der Waals surface area contributed by atoms with Crippen molar-refractivity contribution in [3.05, 3.63) is 52.4 Å². The highest BCUT2D eigenvalue weighted by Crippen LogP contribution is 2.30. The van der Waals surface area contributed by atoms with E-state index in [9.17, 15) is 4.39 Å². The van der Waals surface area contributed by atoms with Gasteiger partial charge in [0.05, 0.1) is 15.7 Å². The van der Waals surface area contributed by atoms with E-state index >= 15 is 0 Å². The van der Waals surface area contributed by atoms with Crippen molar-refractivity contribution >= 4 is 32.7 Å². The van der Waals surface area contributed by atoms with Crippen molar-refractivity contribution in [1.82, 2.24) is 9.97 Å². The molecular formula is C15H11BrFN3.